The van der Waals surface area contributed by atoms with E-state index in [-0.39, 0.29) is 25.2 Å². The molecule has 0 spiro atoms. The molecule has 18 heteroatoms. The Morgan fingerprint density at radius 2 is 1.85 bits per heavy atom. The first-order valence-electron chi connectivity index (χ1n) is 8.77. The normalized spacial score (nSPS) is 21.3. The molecule has 1 aromatic carbocycles. The van der Waals surface area contributed by atoms with E-state index in [2.05, 4.69) is 9.47 Å². The quantitative estimate of drug-likeness (QED) is 0.359. The highest BCUT2D eigenvalue weighted by Crippen LogP contribution is 3.02. The van der Waals surface area contributed by atoms with Crippen molar-refractivity contribution in [2.75, 3.05) is 24.9 Å². The highest BCUT2D eigenvalue weighted by Gasteiger charge is 2.65. The van der Waals surface area contributed by atoms with Gasteiger partial charge >= 0.3 is 22.4 Å². The van der Waals surface area contributed by atoms with E-state index in [0.717, 1.165) is 4.96 Å². The topological polar surface area (TPSA) is 91.2 Å². The fourth-order valence-electron chi connectivity index (χ4n) is 2.88. The summed E-state index contributed by atoms with van der Waals surface area (Å²) in [7, 11) is -10.1. The summed E-state index contributed by atoms with van der Waals surface area (Å²) in [5.74, 6) is -2.48. The minimum atomic E-state index is -10.1. The predicted octanol–water partition coefficient (Wildman–Crippen LogP) is 3.19. The van der Waals surface area contributed by atoms with Crippen LogP contribution in [0.5, 0.6) is 5.75 Å². The number of halogens is 8. The number of ether oxygens (including phenoxy) is 2. The van der Waals surface area contributed by atoms with Crippen molar-refractivity contribution in [2.24, 2.45) is 0 Å². The number of nitrogens with zero attached hydrogens (tertiary/aromatic N) is 3. The summed E-state index contributed by atoms with van der Waals surface area (Å²) in [4.78, 5) is 15.6. The van der Waals surface area contributed by atoms with Crippen molar-refractivity contribution in [3.05, 3.63) is 29.3 Å². The predicted molar refractivity (Wildman–Crippen MR) is 92.5 cm³/mol. The van der Waals surface area contributed by atoms with Crippen LogP contribution in [0, 0.1) is 0 Å². The molecule has 1 fully saturated rings. The van der Waals surface area contributed by atoms with Crippen molar-refractivity contribution in [3.63, 3.8) is 0 Å². The number of aliphatic hydroxyl groups is 1. The number of benzene rings is 1. The molecule has 9 nitrogen and oxygen atoms in total. The molecule has 2 aromatic rings. The molecule has 0 aliphatic carbocycles. The number of fused-ring (bicyclic) bond motifs is 1. The molecule has 2 aliphatic rings. The van der Waals surface area contributed by atoms with Crippen molar-refractivity contribution in [3.8, 4) is 5.75 Å². The maximum absolute atomic E-state index is 13.4. The van der Waals surface area contributed by atoms with Gasteiger partial charge in [0.05, 0.1) is 29.7 Å². The zero-order chi connectivity index (χ0) is 24.5. The number of hydrogen-bond donors (Lipinski definition) is 1. The standard InChI is InChI=1S/C15H13F8N3O6S/c16-15(17,18)13-11(14(28)29-7-30-26-25(32-26)24-5-9(27)6-24)4-8-3-10(1-2-12(8)31-13)33(19,20,21,22)23/h1-4,9,13,27H,5-7H2. The zero-order valence-electron chi connectivity index (χ0n) is 15.8. The van der Waals surface area contributed by atoms with Crippen LogP contribution in [0.15, 0.2) is 33.3 Å². The van der Waals surface area contributed by atoms with Gasteiger partial charge in [-0.3, -0.25) is 5.01 Å². The Morgan fingerprint density at radius 1 is 1.18 bits per heavy atom. The molecule has 0 amide bonds. The van der Waals surface area contributed by atoms with Crippen LogP contribution in [0.2, 0.25) is 0 Å². The molecular weight excluding hydrogens is 502 g/mol. The second-order valence-corrected chi connectivity index (χ2v) is 9.49. The van der Waals surface area contributed by atoms with E-state index in [0.29, 0.717) is 17.2 Å². The van der Waals surface area contributed by atoms with Gasteiger partial charge in [-0.1, -0.05) is 19.4 Å². The van der Waals surface area contributed by atoms with Crippen LogP contribution in [-0.4, -0.2) is 59.3 Å². The van der Waals surface area contributed by atoms with Crippen molar-refractivity contribution < 1.29 is 61.4 Å². The third kappa shape index (κ3) is 4.85. The first-order valence-corrected chi connectivity index (χ1v) is 10.7. The van der Waals surface area contributed by atoms with Gasteiger partial charge in [0.25, 0.3) is 6.79 Å². The van der Waals surface area contributed by atoms with Crippen molar-refractivity contribution >= 4 is 22.3 Å². The number of carbonyl (C=O) groups is 1. The Balaban J connectivity index is 1.52. The van der Waals surface area contributed by atoms with Crippen molar-refractivity contribution in [1.29, 1.82) is 0 Å². The molecule has 2 aliphatic heterocycles. The number of alkyl halides is 3. The fraction of sp³-hybridized carbons (Fsp3) is 0.400. The van der Waals surface area contributed by atoms with E-state index < -0.39 is 63.2 Å². The van der Waals surface area contributed by atoms with Crippen LogP contribution in [0.25, 0.3) is 6.08 Å². The van der Waals surface area contributed by atoms with Gasteiger partial charge in [0.2, 0.25) is 6.10 Å². The second-order valence-electron chi connectivity index (χ2n) is 7.08. The molecule has 4 rings (SSSR count). The van der Waals surface area contributed by atoms with Gasteiger partial charge in [0.1, 0.15) is 15.7 Å². The van der Waals surface area contributed by atoms with Gasteiger partial charge in [0.15, 0.2) is 0 Å². The maximum atomic E-state index is 13.4. The molecule has 1 aromatic heterocycles. The third-order valence-corrected chi connectivity index (χ3v) is 5.64. The summed E-state index contributed by atoms with van der Waals surface area (Å²) in [6.07, 6.45) is -8.39. The summed E-state index contributed by atoms with van der Waals surface area (Å²) in [6.45, 7) is -0.568. The molecular formula is C15H13F8N3O6S. The highest BCUT2D eigenvalue weighted by molar-refractivity contribution is 8.45. The minimum absolute atomic E-state index is 0.105. The Kier molecular flexibility index (Phi) is 4.58. The Bertz CT molecular complexity index is 1110. The molecule has 186 valence electrons. The second kappa shape index (κ2) is 6.52. The monoisotopic (exact) mass is 515 g/mol. The van der Waals surface area contributed by atoms with E-state index in [1.807, 2.05) is 0 Å². The smallest absolute Gasteiger partial charge is 0.430 e. The SMILES string of the molecule is O=C(OCOn1on1N1CC(O)C1)C1=Cc2cc(S(F)(F)(F)(F)F)ccc2OC1C(F)(F)F. The first kappa shape index (κ1) is 23.1. The molecule has 0 radical (unpaired) electrons. The van der Waals surface area contributed by atoms with Crippen LogP contribution in [-0.2, 0) is 9.53 Å². The van der Waals surface area contributed by atoms with Crippen molar-refractivity contribution in [2.45, 2.75) is 23.3 Å². The summed E-state index contributed by atoms with van der Waals surface area (Å²) >= 11 is 0. The van der Waals surface area contributed by atoms with Gasteiger partial charge in [-0.05, 0) is 24.3 Å². The third-order valence-electron chi connectivity index (χ3n) is 4.49. The molecule has 0 saturated carbocycles. The lowest BCUT2D eigenvalue weighted by Crippen LogP contribution is -2.55. The van der Waals surface area contributed by atoms with Gasteiger partial charge in [-0.2, -0.15) is 17.8 Å². The van der Waals surface area contributed by atoms with Crippen molar-refractivity contribution in [1.82, 2.24) is 9.98 Å². The van der Waals surface area contributed by atoms with E-state index in [9.17, 15) is 37.4 Å². The number of rotatable bonds is 6. The molecule has 1 N–H and O–H groups in total. The average molecular weight is 515 g/mol. The molecule has 1 saturated heterocycles. The zero-order valence-corrected chi connectivity index (χ0v) is 16.7. The number of aliphatic hydroxyl groups excluding tert-OH is 1. The number of aromatic nitrogens is 2. The minimum Gasteiger partial charge on any atom is -0.475 e. The fourth-order valence-corrected chi connectivity index (χ4v) is 3.56. The van der Waals surface area contributed by atoms with Crippen LogP contribution in [0.1, 0.15) is 5.56 Å². The van der Waals surface area contributed by atoms with E-state index >= 15 is 0 Å². The molecule has 1 atom stereocenters. The molecule has 1 unspecified atom stereocenters. The number of carbonyl (C=O) groups excluding carboxylic acids is 1. The Labute approximate surface area is 177 Å². The van der Waals surface area contributed by atoms with E-state index in [4.69, 9.17) is 14.6 Å². The van der Waals surface area contributed by atoms with Gasteiger partial charge in [-0.15, -0.1) is 0 Å². The van der Waals surface area contributed by atoms with Crippen LogP contribution < -0.4 is 14.6 Å². The lowest BCUT2D eigenvalue weighted by molar-refractivity contribution is -0.190. The van der Waals surface area contributed by atoms with Gasteiger partial charge in [-0.25, -0.2) is 4.79 Å². The molecule has 33 heavy (non-hydrogen) atoms. The van der Waals surface area contributed by atoms with Crippen LogP contribution in [0.3, 0.4) is 0 Å². The number of esters is 1. The van der Waals surface area contributed by atoms with Crippen LogP contribution in [0.4, 0.5) is 32.6 Å². The number of β-amino-alcohol motifs (C(OH)–C–C–N with tert-alkyl or cyclic N) is 1. The maximum Gasteiger partial charge on any atom is 0.430 e. The summed E-state index contributed by atoms with van der Waals surface area (Å²) < 4.78 is 119. The highest BCUT2D eigenvalue weighted by atomic mass is 32.5. The summed E-state index contributed by atoms with van der Waals surface area (Å²) in [5, 5.41) is 11.3. The average Bonchev–Trinajstić information content (AvgIpc) is 3.40. The lowest BCUT2D eigenvalue weighted by Gasteiger charge is -2.41. The summed E-state index contributed by atoms with van der Waals surface area (Å²) in [6, 6.07) is 0.0875. The number of hydrogen-bond acceptors (Lipinski definition) is 7. The molecule has 3 heterocycles. The Hall–Kier alpha value is -3.02. The van der Waals surface area contributed by atoms with E-state index in [1.165, 1.54) is 5.01 Å². The lowest BCUT2D eigenvalue weighted by atomic mass is 10.0. The van der Waals surface area contributed by atoms with E-state index in [1.54, 1.807) is 0 Å². The largest absolute Gasteiger partial charge is 0.475 e. The summed E-state index contributed by atoms with van der Waals surface area (Å²) in [5.41, 5.74) is -2.11. The van der Waals surface area contributed by atoms with Gasteiger partial charge < -0.3 is 19.4 Å². The first-order chi connectivity index (χ1) is 14.9. The van der Waals surface area contributed by atoms with Crippen LogP contribution >= 0.6 is 10.2 Å². The Morgan fingerprint density at radius 3 is 2.42 bits per heavy atom. The molecule has 0 bridgehead atoms. The van der Waals surface area contributed by atoms with Gasteiger partial charge in [0, 0.05) is 5.56 Å².